The van der Waals surface area contributed by atoms with E-state index in [4.69, 9.17) is 0 Å². The van der Waals surface area contributed by atoms with Crippen molar-refractivity contribution in [1.82, 2.24) is 4.98 Å². The van der Waals surface area contributed by atoms with Crippen molar-refractivity contribution in [3.8, 4) is 11.3 Å². The van der Waals surface area contributed by atoms with Crippen LogP contribution >= 0.6 is 0 Å². The van der Waals surface area contributed by atoms with Gasteiger partial charge >= 0.3 is 0 Å². The summed E-state index contributed by atoms with van der Waals surface area (Å²) < 4.78 is 296. The maximum Gasteiger partial charge on any atom is 0.232 e. The highest BCUT2D eigenvalue weighted by molar-refractivity contribution is 7.20. The summed E-state index contributed by atoms with van der Waals surface area (Å²) in [5, 5.41) is 7.05. The molecule has 1 heterocycles. The Morgan fingerprint density at radius 2 is 0.705 bits per heavy atom. The minimum Gasteiger partial charge on any atom is -0.287 e. The smallest absolute Gasteiger partial charge is 0.232 e. The number of hydrogen-bond donors (Lipinski definition) is 0. The van der Waals surface area contributed by atoms with Gasteiger partial charge in [0.15, 0.2) is 76.0 Å². The zero-order valence-electron chi connectivity index (χ0n) is 38.1. The molecule has 0 fully saturated rings. The van der Waals surface area contributed by atoms with Crippen LogP contribution in [-0.2, 0) is 6.54 Å². The van der Waals surface area contributed by atoms with Gasteiger partial charge in [0.2, 0.25) is 18.0 Å². The summed E-state index contributed by atoms with van der Waals surface area (Å²) in [6.07, 6.45) is -1.71. The van der Waals surface area contributed by atoms with E-state index < -0.39 is 144 Å². The maximum absolute atomic E-state index is 15.4. The third-order valence-corrected chi connectivity index (χ3v) is 12.9. The molecule has 0 saturated carbocycles. The van der Waals surface area contributed by atoms with Crippen LogP contribution in [0.2, 0.25) is 0 Å². The fourth-order valence-electron chi connectivity index (χ4n) is 9.51. The second-order valence-electron chi connectivity index (χ2n) is 17.1. The minimum absolute atomic E-state index is 0.0723. The van der Waals surface area contributed by atoms with Crippen molar-refractivity contribution in [3.05, 3.63) is 238 Å². The fraction of sp³-hybridized carbons (Fsp3) is 0.0185. The molecule has 24 heteroatoms. The number of fused-ring (bicyclic) bond motifs is 3. The summed E-state index contributed by atoms with van der Waals surface area (Å²) in [5.41, 5.74) is -11.6. The molecule has 1 aromatic heterocycles. The Labute approximate surface area is 422 Å². The summed E-state index contributed by atoms with van der Waals surface area (Å²) in [6, 6.07) is 33.0. The summed E-state index contributed by atoms with van der Waals surface area (Å²) in [4.78, 5) is 17.5. The van der Waals surface area contributed by atoms with Crippen molar-refractivity contribution < 1.29 is 97.2 Å². The number of Topliss-reactive ketones (excluding diaryl/α,β-unsaturated/α-hetero) is 1. The lowest BCUT2D eigenvalue weighted by atomic mass is 9.12. The molecule has 0 aliphatic rings. The number of benzene rings is 9. The molecule has 0 atom stereocenters. The first-order valence-electron chi connectivity index (χ1n) is 22.0. The molecular formula is C54H21BF20N2O. The van der Waals surface area contributed by atoms with Crippen molar-refractivity contribution >= 4 is 66.1 Å². The summed E-state index contributed by atoms with van der Waals surface area (Å²) in [5.74, 6) is -71.3. The summed E-state index contributed by atoms with van der Waals surface area (Å²) in [7, 11) is 0. The van der Waals surface area contributed by atoms with Gasteiger partial charge in [0.25, 0.3) is 0 Å². The van der Waals surface area contributed by atoms with Gasteiger partial charge < -0.3 is 0 Å². The first-order chi connectivity index (χ1) is 37.0. The molecule has 396 valence electrons. The van der Waals surface area contributed by atoms with Crippen LogP contribution in [0.4, 0.5) is 87.8 Å². The van der Waals surface area contributed by atoms with E-state index in [9.17, 15) is 57.5 Å². The Morgan fingerprint density at radius 1 is 0.372 bits per heavy atom. The van der Waals surface area contributed by atoms with Crippen LogP contribution in [0, 0.1) is 116 Å². The Bertz CT molecular complexity index is 3770. The normalized spacial score (nSPS) is 11.7. The molecule has 0 N–H and O–H groups in total. The Kier molecular flexibility index (Phi) is 14.0. The van der Waals surface area contributed by atoms with Crippen molar-refractivity contribution in [2.75, 3.05) is 0 Å². The van der Waals surface area contributed by atoms with Crippen molar-refractivity contribution in [2.24, 2.45) is 0 Å². The molecule has 0 spiro atoms. The van der Waals surface area contributed by atoms with Crippen molar-refractivity contribution in [3.63, 3.8) is 0 Å². The largest absolute Gasteiger partial charge is 0.287 e. The highest BCUT2D eigenvalue weighted by atomic mass is 19.2. The van der Waals surface area contributed by atoms with E-state index >= 15 is 35.1 Å². The maximum atomic E-state index is 15.4. The molecule has 9 aromatic carbocycles. The van der Waals surface area contributed by atoms with Crippen LogP contribution in [0.5, 0.6) is 0 Å². The number of nitrogens with zero attached hydrogens (tertiary/aromatic N) is 2. The lowest BCUT2D eigenvalue weighted by Crippen LogP contribution is -2.81. The van der Waals surface area contributed by atoms with Crippen LogP contribution in [0.3, 0.4) is 0 Å². The predicted octanol–water partition coefficient (Wildman–Crippen LogP) is 12.2. The second kappa shape index (κ2) is 20.3. The molecule has 78 heavy (non-hydrogen) atoms. The zero-order chi connectivity index (χ0) is 56.6. The van der Waals surface area contributed by atoms with Gasteiger partial charge in [-0.15, -0.1) is 21.9 Å². The van der Waals surface area contributed by atoms with Crippen molar-refractivity contribution in [2.45, 2.75) is 6.54 Å². The van der Waals surface area contributed by atoms with E-state index in [1.54, 1.807) is 6.20 Å². The number of halogens is 20. The van der Waals surface area contributed by atoms with Gasteiger partial charge in [-0.3, -0.25) is 9.78 Å². The van der Waals surface area contributed by atoms with Gasteiger partial charge in [-0.1, -0.05) is 78.9 Å². The first kappa shape index (κ1) is 54.0. The summed E-state index contributed by atoms with van der Waals surface area (Å²) in [6.45, 7) is 0.250. The molecule has 0 amide bonds. The van der Waals surface area contributed by atoms with Crippen LogP contribution in [0.25, 0.3) is 43.6 Å². The monoisotopic (exact) mass is 1100 g/mol. The van der Waals surface area contributed by atoms with Crippen LogP contribution in [0.1, 0.15) is 10.4 Å². The van der Waals surface area contributed by atoms with Gasteiger partial charge in [0, 0.05) is 5.56 Å². The standard InChI is InChI=1S/C30H21N2O.C24BF20/c33-29(21-8-2-1-3-9-21)20-32-15-14-31-19-28(32)30-26-13-7-6-12-24(26)17-25-16-22-10-4-5-11-23(22)18-27(25)30;26-5-1(6(27)14(35)21(42)13(5)34)25(2-7(28)15(36)22(43)16(37)8(2)29,3-9(30)17(38)23(44)18(39)10(3)31)4-11(32)19(40)24(45)20(41)12(4)33/h1-19H,20H2;/q+1;-1. The topological polar surface area (TPSA) is 33.8 Å². The van der Waals surface area contributed by atoms with E-state index in [2.05, 4.69) is 71.7 Å². The Hall–Kier alpha value is -8.83. The second-order valence-corrected chi connectivity index (χ2v) is 17.1. The highest BCUT2D eigenvalue weighted by Crippen LogP contribution is 2.37. The first-order valence-corrected chi connectivity index (χ1v) is 22.0. The number of carbonyl (C=O) groups excluding carboxylic acids is 1. The fourth-order valence-corrected chi connectivity index (χ4v) is 9.51. The van der Waals surface area contributed by atoms with Crippen LogP contribution < -0.4 is 26.4 Å². The molecular weight excluding hydrogens is 1080 g/mol. The van der Waals surface area contributed by atoms with E-state index in [1.165, 1.54) is 21.5 Å². The molecule has 3 nitrogen and oxygen atoms in total. The SMILES string of the molecule is Fc1c(F)c(F)c([B-](c2c(F)c(F)c(F)c(F)c2F)(c2c(F)c(F)c(F)c(F)c2F)c2c(F)c(F)c(F)c(F)c2F)c(F)c1F.O=C(C[n+]1ccncc1-c1c2ccccc2cc2cc3ccccc3cc12)c1ccccc1. The number of hydrogen-bond acceptors (Lipinski definition) is 2. The van der Waals surface area contributed by atoms with E-state index in [1.807, 2.05) is 47.3 Å². The van der Waals surface area contributed by atoms with E-state index in [-0.39, 0.29) is 12.3 Å². The molecule has 0 saturated heterocycles. The molecule has 0 aliphatic carbocycles. The molecule has 10 aromatic rings. The molecule has 10 rings (SSSR count). The zero-order valence-corrected chi connectivity index (χ0v) is 38.1. The minimum atomic E-state index is -7.22. The van der Waals surface area contributed by atoms with Crippen LogP contribution in [0.15, 0.2) is 116 Å². The van der Waals surface area contributed by atoms with Gasteiger partial charge in [-0.05, 0) is 50.5 Å². The van der Waals surface area contributed by atoms with Gasteiger partial charge in [0.05, 0.1) is 18.0 Å². The predicted molar refractivity (Wildman–Crippen MR) is 242 cm³/mol. The number of aromatic nitrogens is 2. The lowest BCUT2D eigenvalue weighted by Gasteiger charge is -2.44. The third kappa shape index (κ3) is 8.31. The lowest BCUT2D eigenvalue weighted by molar-refractivity contribution is -0.672. The van der Waals surface area contributed by atoms with Gasteiger partial charge in [-0.2, -0.15) is 4.57 Å². The molecule has 0 aliphatic heterocycles. The number of carbonyl (C=O) groups is 1. The van der Waals surface area contributed by atoms with E-state index in [0.717, 1.165) is 22.0 Å². The van der Waals surface area contributed by atoms with E-state index in [0.29, 0.717) is 5.56 Å². The molecule has 0 radical (unpaired) electrons. The van der Waals surface area contributed by atoms with Gasteiger partial charge in [0.1, 0.15) is 52.7 Å². The highest BCUT2D eigenvalue weighted by Gasteiger charge is 2.52. The van der Waals surface area contributed by atoms with Gasteiger partial charge in [-0.25, -0.2) is 87.8 Å². The Morgan fingerprint density at radius 3 is 1.12 bits per heavy atom. The third-order valence-electron chi connectivity index (χ3n) is 12.9. The average molecular weight is 1100 g/mol. The summed E-state index contributed by atoms with van der Waals surface area (Å²) >= 11 is 0. The number of rotatable bonds is 8. The quantitative estimate of drug-likeness (QED) is 0.0289. The molecule has 0 bridgehead atoms. The van der Waals surface area contributed by atoms with Crippen LogP contribution in [-0.4, -0.2) is 16.9 Å². The average Bonchev–Trinajstić information content (AvgIpc) is 3.50. The number of ketones is 1. The Balaban J connectivity index is 0.000000198. The van der Waals surface area contributed by atoms with Crippen molar-refractivity contribution in [1.29, 1.82) is 0 Å². The molecule has 0 unspecified atom stereocenters.